The second kappa shape index (κ2) is 5.52. The molecule has 2 aromatic rings. The lowest BCUT2D eigenvalue weighted by Crippen LogP contribution is -2.65. The van der Waals surface area contributed by atoms with Crippen molar-refractivity contribution in [2.45, 2.75) is 24.7 Å². The SMILES string of the molecule is O=C1N[C@]2(CCS1)Oc1ccccc1[C@H]1CC(c3ccccc3)=NN12. The number of nitrogens with one attached hydrogen (secondary N) is 1. The van der Waals surface area contributed by atoms with Gasteiger partial charge in [-0.3, -0.25) is 10.1 Å². The molecule has 2 aromatic carbocycles. The van der Waals surface area contributed by atoms with Crippen LogP contribution in [0.4, 0.5) is 4.79 Å². The Balaban J connectivity index is 1.62. The summed E-state index contributed by atoms with van der Waals surface area (Å²) >= 11 is 1.29. The molecule has 5 nitrogen and oxygen atoms in total. The minimum Gasteiger partial charge on any atom is -0.448 e. The molecule has 1 spiro atoms. The highest BCUT2D eigenvalue weighted by Gasteiger charge is 2.52. The molecule has 2 atom stereocenters. The number of thioether (sulfide) groups is 1. The van der Waals surface area contributed by atoms with Gasteiger partial charge in [0.15, 0.2) is 0 Å². The molecule has 6 heteroatoms. The molecule has 5 rings (SSSR count). The average Bonchev–Trinajstić information content (AvgIpc) is 3.09. The van der Waals surface area contributed by atoms with Crippen LogP contribution >= 0.6 is 11.8 Å². The second-order valence-electron chi connectivity index (χ2n) is 6.41. The lowest BCUT2D eigenvalue weighted by molar-refractivity contribution is -0.135. The summed E-state index contributed by atoms with van der Waals surface area (Å²) in [4.78, 5) is 12.1. The smallest absolute Gasteiger partial charge is 0.283 e. The number of hydrogen-bond acceptors (Lipinski definition) is 5. The maximum Gasteiger partial charge on any atom is 0.283 e. The predicted octanol–water partition coefficient (Wildman–Crippen LogP) is 3.73. The summed E-state index contributed by atoms with van der Waals surface area (Å²) < 4.78 is 6.30. The topological polar surface area (TPSA) is 53.9 Å². The number of benzene rings is 2. The van der Waals surface area contributed by atoms with Crippen molar-refractivity contribution in [1.29, 1.82) is 0 Å². The van der Waals surface area contributed by atoms with Crippen LogP contribution in [0, 0.1) is 0 Å². The van der Waals surface area contributed by atoms with Gasteiger partial charge in [0.2, 0.25) is 0 Å². The third-order valence-electron chi connectivity index (χ3n) is 4.92. The monoisotopic (exact) mass is 351 g/mol. The Morgan fingerprint density at radius 2 is 1.96 bits per heavy atom. The largest absolute Gasteiger partial charge is 0.448 e. The fraction of sp³-hybridized carbons (Fsp3) is 0.263. The van der Waals surface area contributed by atoms with Crippen LogP contribution in [0.25, 0.3) is 0 Å². The predicted molar refractivity (Wildman–Crippen MR) is 97.6 cm³/mol. The molecule has 1 fully saturated rings. The highest BCUT2D eigenvalue weighted by molar-refractivity contribution is 8.13. The number of carbonyl (C=O) groups is 1. The Labute approximate surface area is 150 Å². The van der Waals surface area contributed by atoms with E-state index in [-0.39, 0.29) is 11.3 Å². The zero-order chi connectivity index (χ0) is 16.9. The van der Waals surface area contributed by atoms with Gasteiger partial charge < -0.3 is 4.74 Å². The van der Waals surface area contributed by atoms with Crippen LogP contribution in [0.1, 0.15) is 30.0 Å². The van der Waals surface area contributed by atoms with Gasteiger partial charge in [-0.15, -0.1) is 0 Å². The molecule has 0 bridgehead atoms. The number of carbonyl (C=O) groups excluding carboxylic acids is 1. The Kier molecular flexibility index (Phi) is 3.28. The molecule has 1 N–H and O–H groups in total. The third kappa shape index (κ3) is 2.32. The molecule has 0 saturated carbocycles. The van der Waals surface area contributed by atoms with E-state index in [0.717, 1.165) is 29.0 Å². The fourth-order valence-corrected chi connectivity index (χ4v) is 4.55. The van der Waals surface area contributed by atoms with Gasteiger partial charge in [0.05, 0.1) is 11.8 Å². The maximum absolute atomic E-state index is 12.1. The van der Waals surface area contributed by atoms with Gasteiger partial charge in [-0.2, -0.15) is 5.10 Å². The molecule has 0 aromatic heterocycles. The number of fused-ring (bicyclic) bond motifs is 4. The summed E-state index contributed by atoms with van der Waals surface area (Å²) in [6.07, 6.45) is 1.50. The van der Waals surface area contributed by atoms with Gasteiger partial charge in [0.1, 0.15) is 5.75 Å². The Hall–Kier alpha value is -2.47. The van der Waals surface area contributed by atoms with E-state index in [9.17, 15) is 4.79 Å². The van der Waals surface area contributed by atoms with Crippen molar-refractivity contribution in [2.24, 2.45) is 5.10 Å². The minimum atomic E-state index is -0.891. The van der Waals surface area contributed by atoms with Gasteiger partial charge in [-0.25, -0.2) is 5.01 Å². The zero-order valence-electron chi connectivity index (χ0n) is 13.5. The van der Waals surface area contributed by atoms with Gasteiger partial charge in [0.25, 0.3) is 11.1 Å². The summed E-state index contributed by atoms with van der Waals surface area (Å²) in [6, 6.07) is 18.3. The number of para-hydroxylation sites is 1. The van der Waals surface area contributed by atoms with Crippen LogP contribution in [0.5, 0.6) is 5.75 Å². The van der Waals surface area contributed by atoms with E-state index in [4.69, 9.17) is 9.84 Å². The van der Waals surface area contributed by atoms with Crippen LogP contribution < -0.4 is 10.1 Å². The lowest BCUT2D eigenvalue weighted by atomic mass is 9.95. The minimum absolute atomic E-state index is 0.0623. The molecule has 1 amide bonds. The molecule has 0 aliphatic carbocycles. The molecule has 25 heavy (non-hydrogen) atoms. The van der Waals surface area contributed by atoms with E-state index in [2.05, 4.69) is 23.5 Å². The fourth-order valence-electron chi connectivity index (χ4n) is 3.76. The van der Waals surface area contributed by atoms with E-state index in [1.807, 2.05) is 41.4 Å². The van der Waals surface area contributed by atoms with Crippen LogP contribution in [-0.2, 0) is 0 Å². The number of amides is 1. The Bertz CT molecular complexity index is 870. The van der Waals surface area contributed by atoms with Gasteiger partial charge >= 0.3 is 0 Å². The zero-order valence-corrected chi connectivity index (χ0v) is 14.3. The molecule has 0 unspecified atom stereocenters. The van der Waals surface area contributed by atoms with E-state index in [1.165, 1.54) is 11.8 Å². The Morgan fingerprint density at radius 1 is 1.16 bits per heavy atom. The molecule has 0 radical (unpaired) electrons. The third-order valence-corrected chi connectivity index (χ3v) is 5.69. The quantitative estimate of drug-likeness (QED) is 0.851. The van der Waals surface area contributed by atoms with Gasteiger partial charge in [0, 0.05) is 24.2 Å². The summed E-state index contributed by atoms with van der Waals surface area (Å²) in [6.45, 7) is 0. The lowest BCUT2D eigenvalue weighted by Gasteiger charge is -2.48. The Morgan fingerprint density at radius 3 is 2.80 bits per heavy atom. The van der Waals surface area contributed by atoms with Crippen molar-refractivity contribution < 1.29 is 9.53 Å². The average molecular weight is 351 g/mol. The first kappa shape index (κ1) is 14.8. The molecule has 126 valence electrons. The van der Waals surface area contributed by atoms with Crippen molar-refractivity contribution in [3.63, 3.8) is 0 Å². The number of hydrazone groups is 1. The van der Waals surface area contributed by atoms with E-state index in [0.29, 0.717) is 12.2 Å². The summed E-state index contributed by atoms with van der Waals surface area (Å²) in [7, 11) is 0. The molecular formula is C19H17N3O2S. The van der Waals surface area contributed by atoms with Crippen molar-refractivity contribution in [3.8, 4) is 5.75 Å². The molecular weight excluding hydrogens is 334 g/mol. The highest BCUT2D eigenvalue weighted by atomic mass is 32.2. The van der Waals surface area contributed by atoms with E-state index < -0.39 is 5.85 Å². The molecule has 1 saturated heterocycles. The van der Waals surface area contributed by atoms with Crippen LogP contribution in [-0.4, -0.2) is 27.6 Å². The van der Waals surface area contributed by atoms with Crippen LogP contribution in [0.3, 0.4) is 0 Å². The summed E-state index contributed by atoms with van der Waals surface area (Å²) in [5.74, 6) is 0.658. The first-order chi connectivity index (χ1) is 12.3. The summed E-state index contributed by atoms with van der Waals surface area (Å²) in [5.41, 5.74) is 3.26. The number of nitrogens with zero attached hydrogens (tertiary/aromatic N) is 2. The van der Waals surface area contributed by atoms with Crippen LogP contribution in [0.2, 0.25) is 0 Å². The van der Waals surface area contributed by atoms with Crippen molar-refractivity contribution in [2.75, 3.05) is 5.75 Å². The first-order valence-corrected chi connectivity index (χ1v) is 9.39. The first-order valence-electron chi connectivity index (χ1n) is 8.40. The van der Waals surface area contributed by atoms with Crippen molar-refractivity contribution >= 4 is 22.7 Å². The standard InChI is InChI=1S/C19H17N3O2S/c23-18-20-19(10-11-25-18)22-16(14-8-4-5-9-17(14)24-19)12-15(21-22)13-6-2-1-3-7-13/h1-9,16H,10-12H2,(H,20,23)/t16-,19+/m1/s1. The molecule has 3 aliphatic rings. The number of ether oxygens (including phenoxy) is 1. The van der Waals surface area contributed by atoms with E-state index >= 15 is 0 Å². The molecule has 3 heterocycles. The van der Waals surface area contributed by atoms with E-state index in [1.54, 1.807) is 0 Å². The highest BCUT2D eigenvalue weighted by Crippen LogP contribution is 2.48. The number of rotatable bonds is 1. The second-order valence-corrected chi connectivity index (χ2v) is 7.48. The van der Waals surface area contributed by atoms with Crippen molar-refractivity contribution in [3.05, 3.63) is 65.7 Å². The van der Waals surface area contributed by atoms with Crippen LogP contribution in [0.15, 0.2) is 59.7 Å². The molecule has 3 aliphatic heterocycles. The summed E-state index contributed by atoms with van der Waals surface area (Å²) in [5, 5.41) is 9.83. The van der Waals surface area contributed by atoms with Crippen molar-refractivity contribution in [1.82, 2.24) is 10.3 Å². The van der Waals surface area contributed by atoms with Gasteiger partial charge in [-0.1, -0.05) is 60.3 Å². The normalized spacial score (nSPS) is 27.2. The maximum atomic E-state index is 12.1. The van der Waals surface area contributed by atoms with Gasteiger partial charge in [-0.05, 0) is 11.6 Å². The number of hydrogen-bond donors (Lipinski definition) is 1.